The lowest BCUT2D eigenvalue weighted by Gasteiger charge is -2.12. The van der Waals surface area contributed by atoms with Gasteiger partial charge >= 0.3 is 0 Å². The molecular formula is C19H17ClFNO3S. The van der Waals surface area contributed by atoms with Crippen molar-refractivity contribution in [1.29, 1.82) is 0 Å². The molecule has 0 radical (unpaired) electrons. The number of anilines is 1. The zero-order valence-corrected chi connectivity index (χ0v) is 15.8. The second kappa shape index (κ2) is 8.03. The Hall–Kier alpha value is -2.15. The third-order valence-corrected chi connectivity index (χ3v) is 5.18. The molecule has 0 atom stereocenters. The fraction of sp³-hybridized carbons (Fsp3) is 0.211. The van der Waals surface area contributed by atoms with Crippen molar-refractivity contribution in [3.63, 3.8) is 0 Å². The van der Waals surface area contributed by atoms with Gasteiger partial charge in [-0.1, -0.05) is 17.7 Å². The van der Waals surface area contributed by atoms with Crippen molar-refractivity contribution in [1.82, 2.24) is 0 Å². The summed E-state index contributed by atoms with van der Waals surface area (Å²) in [6.07, 6.45) is 0. The van der Waals surface area contributed by atoms with Crippen molar-refractivity contribution in [2.24, 2.45) is 0 Å². The smallest absolute Gasteiger partial charge is 0.266 e. The minimum atomic E-state index is -0.373. The first kappa shape index (κ1) is 18.6. The Kier molecular flexibility index (Phi) is 5.76. The molecule has 0 fully saturated rings. The molecule has 3 rings (SSSR count). The average molecular weight is 394 g/mol. The molecule has 0 saturated heterocycles. The molecule has 0 aliphatic heterocycles. The second-order valence-corrected chi connectivity index (χ2v) is 6.97. The summed E-state index contributed by atoms with van der Waals surface area (Å²) in [5.41, 5.74) is 0.994. The van der Waals surface area contributed by atoms with Gasteiger partial charge in [-0.2, -0.15) is 0 Å². The molecule has 0 aliphatic rings. The van der Waals surface area contributed by atoms with E-state index in [4.69, 9.17) is 21.1 Å². The number of halogens is 2. The number of amides is 1. The van der Waals surface area contributed by atoms with Crippen LogP contribution in [0.1, 0.15) is 22.2 Å². The zero-order chi connectivity index (χ0) is 18.7. The molecule has 1 N–H and O–H groups in total. The SMILES string of the molecule is CCOc1ccc(Cl)cc1NC(=O)c1sc2cccc(F)c2c1COC. The third-order valence-electron chi connectivity index (χ3n) is 3.75. The average Bonchev–Trinajstić information content (AvgIpc) is 2.98. The van der Waals surface area contributed by atoms with E-state index in [-0.39, 0.29) is 18.3 Å². The Balaban J connectivity index is 2.02. The number of carbonyl (C=O) groups is 1. The molecule has 4 nitrogen and oxygen atoms in total. The summed E-state index contributed by atoms with van der Waals surface area (Å²) in [7, 11) is 1.51. The van der Waals surface area contributed by atoms with Crippen LogP contribution in [-0.4, -0.2) is 19.6 Å². The second-order valence-electron chi connectivity index (χ2n) is 5.48. The van der Waals surface area contributed by atoms with Crippen molar-refractivity contribution in [2.75, 3.05) is 19.0 Å². The standard InChI is InChI=1S/C19H17ClFNO3S/c1-3-25-15-8-7-11(20)9-14(15)22-19(23)18-12(10-24-2)17-13(21)5-4-6-16(17)26-18/h4-9H,3,10H2,1-2H3,(H,22,23). The summed E-state index contributed by atoms with van der Waals surface area (Å²) in [5.74, 6) is -0.214. The van der Waals surface area contributed by atoms with E-state index in [0.29, 0.717) is 43.6 Å². The number of nitrogens with one attached hydrogen (secondary N) is 1. The lowest BCUT2D eigenvalue weighted by atomic mass is 10.1. The Morgan fingerprint density at radius 1 is 1.31 bits per heavy atom. The maximum Gasteiger partial charge on any atom is 0.266 e. The van der Waals surface area contributed by atoms with Crippen LogP contribution < -0.4 is 10.1 Å². The van der Waals surface area contributed by atoms with Crippen molar-refractivity contribution in [3.05, 3.63) is 57.7 Å². The molecule has 2 aromatic carbocycles. The van der Waals surface area contributed by atoms with Crippen LogP contribution in [0.3, 0.4) is 0 Å². The van der Waals surface area contributed by atoms with E-state index in [1.807, 2.05) is 6.92 Å². The van der Waals surface area contributed by atoms with Gasteiger partial charge in [0.1, 0.15) is 11.6 Å². The van der Waals surface area contributed by atoms with Gasteiger partial charge in [0.15, 0.2) is 0 Å². The summed E-state index contributed by atoms with van der Waals surface area (Å²) in [6, 6.07) is 9.78. The van der Waals surface area contributed by atoms with Gasteiger partial charge in [0.25, 0.3) is 5.91 Å². The zero-order valence-electron chi connectivity index (χ0n) is 14.3. The van der Waals surface area contributed by atoms with Gasteiger partial charge in [-0.05, 0) is 37.3 Å². The Bertz CT molecular complexity index is 957. The van der Waals surface area contributed by atoms with Crippen molar-refractivity contribution < 1.29 is 18.7 Å². The van der Waals surface area contributed by atoms with E-state index in [2.05, 4.69) is 5.32 Å². The highest BCUT2D eigenvalue weighted by atomic mass is 35.5. The monoisotopic (exact) mass is 393 g/mol. The highest BCUT2D eigenvalue weighted by Gasteiger charge is 2.21. The molecule has 1 heterocycles. The molecule has 1 aromatic heterocycles. The number of benzene rings is 2. The molecular weight excluding hydrogens is 377 g/mol. The van der Waals surface area contributed by atoms with Crippen molar-refractivity contribution >= 4 is 44.6 Å². The molecule has 0 aliphatic carbocycles. The normalized spacial score (nSPS) is 10.9. The fourth-order valence-electron chi connectivity index (χ4n) is 2.69. The molecule has 7 heteroatoms. The first-order chi connectivity index (χ1) is 12.5. The number of hydrogen-bond donors (Lipinski definition) is 1. The van der Waals surface area contributed by atoms with E-state index in [9.17, 15) is 9.18 Å². The molecule has 0 saturated carbocycles. The van der Waals surface area contributed by atoms with Crippen LogP contribution >= 0.6 is 22.9 Å². The van der Waals surface area contributed by atoms with Gasteiger partial charge in [0.2, 0.25) is 0 Å². The van der Waals surface area contributed by atoms with Gasteiger partial charge in [-0.25, -0.2) is 4.39 Å². The number of carbonyl (C=O) groups excluding carboxylic acids is 1. The quantitative estimate of drug-likeness (QED) is 0.602. The number of fused-ring (bicyclic) bond motifs is 1. The summed E-state index contributed by atoms with van der Waals surface area (Å²) in [6.45, 7) is 2.44. The third kappa shape index (κ3) is 3.67. The largest absolute Gasteiger partial charge is 0.492 e. The topological polar surface area (TPSA) is 47.6 Å². The summed E-state index contributed by atoms with van der Waals surface area (Å²) < 4.78 is 25.7. The van der Waals surface area contributed by atoms with Crippen LogP contribution in [0.5, 0.6) is 5.75 Å². The minimum absolute atomic E-state index is 0.136. The van der Waals surface area contributed by atoms with E-state index in [1.165, 1.54) is 24.5 Å². The van der Waals surface area contributed by atoms with Crippen LogP contribution in [0.2, 0.25) is 5.02 Å². The summed E-state index contributed by atoms with van der Waals surface area (Å²) >= 11 is 7.26. The van der Waals surface area contributed by atoms with Gasteiger partial charge < -0.3 is 14.8 Å². The number of methoxy groups -OCH3 is 1. The number of ether oxygens (including phenoxy) is 2. The maximum absolute atomic E-state index is 14.3. The highest BCUT2D eigenvalue weighted by Crippen LogP contribution is 2.35. The van der Waals surface area contributed by atoms with E-state index in [0.717, 1.165) is 0 Å². The van der Waals surface area contributed by atoms with E-state index in [1.54, 1.807) is 30.3 Å². The molecule has 3 aromatic rings. The van der Waals surface area contributed by atoms with Crippen LogP contribution in [-0.2, 0) is 11.3 Å². The van der Waals surface area contributed by atoms with Crippen LogP contribution in [0, 0.1) is 5.82 Å². The predicted molar refractivity (Wildman–Crippen MR) is 103 cm³/mol. The first-order valence-electron chi connectivity index (χ1n) is 7.97. The van der Waals surface area contributed by atoms with Crippen LogP contribution in [0.4, 0.5) is 10.1 Å². The molecule has 0 spiro atoms. The Labute approximate surface area is 159 Å². The highest BCUT2D eigenvalue weighted by molar-refractivity contribution is 7.21. The predicted octanol–water partition coefficient (Wildman–Crippen LogP) is 5.49. The van der Waals surface area contributed by atoms with Crippen LogP contribution in [0.25, 0.3) is 10.1 Å². The fourth-order valence-corrected chi connectivity index (χ4v) is 3.98. The minimum Gasteiger partial charge on any atom is -0.492 e. The Morgan fingerprint density at radius 2 is 2.12 bits per heavy atom. The maximum atomic E-state index is 14.3. The molecule has 136 valence electrons. The van der Waals surface area contributed by atoms with Crippen molar-refractivity contribution in [2.45, 2.75) is 13.5 Å². The summed E-state index contributed by atoms with van der Waals surface area (Å²) in [4.78, 5) is 13.3. The molecule has 1 amide bonds. The van der Waals surface area contributed by atoms with Crippen molar-refractivity contribution in [3.8, 4) is 5.75 Å². The van der Waals surface area contributed by atoms with Gasteiger partial charge in [0.05, 0.1) is 23.8 Å². The summed E-state index contributed by atoms with van der Waals surface area (Å²) in [5, 5.41) is 3.71. The first-order valence-corrected chi connectivity index (χ1v) is 9.17. The lowest BCUT2D eigenvalue weighted by Crippen LogP contribution is -2.13. The van der Waals surface area contributed by atoms with E-state index >= 15 is 0 Å². The number of thiophene rings is 1. The van der Waals surface area contributed by atoms with Crippen LogP contribution in [0.15, 0.2) is 36.4 Å². The number of hydrogen-bond acceptors (Lipinski definition) is 4. The van der Waals surface area contributed by atoms with Gasteiger partial charge in [-0.3, -0.25) is 4.79 Å². The molecule has 26 heavy (non-hydrogen) atoms. The lowest BCUT2D eigenvalue weighted by molar-refractivity contribution is 0.102. The molecule has 0 bridgehead atoms. The number of rotatable bonds is 6. The Morgan fingerprint density at radius 3 is 2.85 bits per heavy atom. The van der Waals surface area contributed by atoms with E-state index < -0.39 is 0 Å². The van der Waals surface area contributed by atoms with Gasteiger partial charge in [0, 0.05) is 27.8 Å². The van der Waals surface area contributed by atoms with Gasteiger partial charge in [-0.15, -0.1) is 11.3 Å². The molecule has 0 unspecified atom stereocenters.